The highest BCUT2D eigenvalue weighted by Crippen LogP contribution is 2.26. The monoisotopic (exact) mass is 264 g/mol. The van der Waals surface area contributed by atoms with E-state index in [1.54, 1.807) is 13.4 Å². The summed E-state index contributed by atoms with van der Waals surface area (Å²) in [5.74, 6) is 1.64. The first kappa shape index (κ1) is 14.1. The Balaban J connectivity index is 2.22. The normalized spacial score (nSPS) is 18.9. The van der Waals surface area contributed by atoms with Crippen LogP contribution in [0, 0.1) is 6.92 Å². The number of hydrogen-bond acceptors (Lipinski definition) is 5. The van der Waals surface area contributed by atoms with Crippen molar-refractivity contribution in [3.05, 3.63) is 11.9 Å². The third kappa shape index (κ3) is 3.15. The third-order valence-corrected chi connectivity index (χ3v) is 3.68. The minimum absolute atomic E-state index is 0.403. The van der Waals surface area contributed by atoms with Gasteiger partial charge in [0.2, 0.25) is 5.88 Å². The molecule has 0 spiro atoms. The molecule has 1 aromatic rings. The fourth-order valence-corrected chi connectivity index (χ4v) is 2.61. The Bertz CT molecular complexity index is 416. The quantitative estimate of drug-likeness (QED) is 0.878. The van der Waals surface area contributed by atoms with Crippen molar-refractivity contribution in [2.45, 2.75) is 45.7 Å². The fourth-order valence-electron chi connectivity index (χ4n) is 2.61. The molecule has 1 N–H and O–H groups in total. The maximum absolute atomic E-state index is 5.29. The first-order valence-electron chi connectivity index (χ1n) is 6.99. The summed E-state index contributed by atoms with van der Waals surface area (Å²) in [4.78, 5) is 10.9. The molecule has 1 fully saturated rings. The lowest BCUT2D eigenvalue weighted by molar-refractivity contribution is 0.393. The van der Waals surface area contributed by atoms with Crippen molar-refractivity contribution in [3.63, 3.8) is 0 Å². The average molecular weight is 264 g/mol. The summed E-state index contributed by atoms with van der Waals surface area (Å²) in [7, 11) is 1.65. The van der Waals surface area contributed by atoms with Crippen LogP contribution >= 0.6 is 0 Å². The highest BCUT2D eigenvalue weighted by molar-refractivity contribution is 5.51. The van der Waals surface area contributed by atoms with Gasteiger partial charge >= 0.3 is 0 Å². The van der Waals surface area contributed by atoms with Crippen molar-refractivity contribution in [2.75, 3.05) is 25.1 Å². The molecule has 19 heavy (non-hydrogen) atoms. The van der Waals surface area contributed by atoms with Gasteiger partial charge in [0, 0.05) is 18.6 Å². The van der Waals surface area contributed by atoms with Crippen molar-refractivity contribution < 1.29 is 4.74 Å². The van der Waals surface area contributed by atoms with E-state index in [1.165, 1.54) is 12.8 Å². The Labute approximate surface area is 115 Å². The molecule has 1 aliphatic rings. The van der Waals surface area contributed by atoms with Crippen LogP contribution in [-0.4, -0.2) is 42.3 Å². The van der Waals surface area contributed by atoms with Gasteiger partial charge in [-0.3, -0.25) is 0 Å². The van der Waals surface area contributed by atoms with E-state index in [0.29, 0.717) is 18.0 Å². The van der Waals surface area contributed by atoms with E-state index < -0.39 is 0 Å². The highest BCUT2D eigenvalue weighted by atomic mass is 16.5. The summed E-state index contributed by atoms with van der Waals surface area (Å²) in [5, 5.41) is 3.54. The van der Waals surface area contributed by atoms with Gasteiger partial charge in [0.1, 0.15) is 12.1 Å². The molecule has 5 heteroatoms. The maximum atomic E-state index is 5.29. The lowest BCUT2D eigenvalue weighted by atomic mass is 10.1. The molecular formula is C14H24N4O. The largest absolute Gasteiger partial charge is 0.481 e. The van der Waals surface area contributed by atoms with Crippen LogP contribution in [-0.2, 0) is 0 Å². The average Bonchev–Trinajstić information content (AvgIpc) is 2.89. The maximum Gasteiger partial charge on any atom is 0.221 e. The second-order valence-electron chi connectivity index (χ2n) is 5.37. The highest BCUT2D eigenvalue weighted by Gasteiger charge is 2.23. The number of hydrogen-bond donors (Lipinski definition) is 1. The van der Waals surface area contributed by atoms with Crippen LogP contribution in [0.25, 0.3) is 0 Å². The smallest absolute Gasteiger partial charge is 0.221 e. The summed E-state index contributed by atoms with van der Waals surface area (Å²) in [5.41, 5.74) is 1.01. The molecule has 106 valence electrons. The van der Waals surface area contributed by atoms with Gasteiger partial charge in [0.15, 0.2) is 0 Å². The van der Waals surface area contributed by atoms with E-state index in [9.17, 15) is 0 Å². The van der Waals surface area contributed by atoms with Crippen LogP contribution in [0.15, 0.2) is 6.33 Å². The number of nitrogens with zero attached hydrogens (tertiary/aromatic N) is 3. The lowest BCUT2D eigenvalue weighted by Gasteiger charge is -2.31. The van der Waals surface area contributed by atoms with E-state index in [1.807, 2.05) is 6.92 Å². The Hall–Kier alpha value is -1.36. The van der Waals surface area contributed by atoms with Crippen molar-refractivity contribution >= 4 is 5.82 Å². The molecule has 0 saturated carbocycles. The molecule has 1 saturated heterocycles. The minimum atomic E-state index is 0.403. The topological polar surface area (TPSA) is 50.3 Å². The Morgan fingerprint density at radius 3 is 2.84 bits per heavy atom. The zero-order valence-electron chi connectivity index (χ0n) is 12.3. The summed E-state index contributed by atoms with van der Waals surface area (Å²) in [6.45, 7) is 8.53. The van der Waals surface area contributed by atoms with Crippen LogP contribution in [0.3, 0.4) is 0 Å². The zero-order chi connectivity index (χ0) is 13.8. The summed E-state index contributed by atoms with van der Waals surface area (Å²) < 4.78 is 5.29. The van der Waals surface area contributed by atoms with Crippen molar-refractivity contribution in [2.24, 2.45) is 0 Å². The van der Waals surface area contributed by atoms with Crippen molar-refractivity contribution in [1.82, 2.24) is 15.3 Å². The van der Waals surface area contributed by atoms with Crippen LogP contribution in [0.2, 0.25) is 0 Å². The number of aromatic nitrogens is 2. The number of anilines is 1. The molecule has 0 amide bonds. The second kappa shape index (κ2) is 6.19. The van der Waals surface area contributed by atoms with Gasteiger partial charge in [-0.15, -0.1) is 0 Å². The second-order valence-corrected chi connectivity index (χ2v) is 5.37. The standard InChI is InChI=1S/C14H24N4O/c1-10(2)18(8-12-6-5-7-15-12)13-11(3)14(19-4)17-9-16-13/h9-10,12,15H,5-8H2,1-4H3. The Kier molecular flexibility index (Phi) is 4.58. The van der Waals surface area contributed by atoms with Crippen LogP contribution in [0.5, 0.6) is 5.88 Å². The first-order valence-corrected chi connectivity index (χ1v) is 6.99. The van der Waals surface area contributed by atoms with Gasteiger partial charge < -0.3 is 15.0 Å². The Morgan fingerprint density at radius 2 is 2.26 bits per heavy atom. The van der Waals surface area contributed by atoms with Gasteiger partial charge in [-0.25, -0.2) is 9.97 Å². The van der Waals surface area contributed by atoms with Crippen LogP contribution in [0.1, 0.15) is 32.3 Å². The molecule has 0 bridgehead atoms. The SMILES string of the molecule is COc1ncnc(N(CC2CCCN2)C(C)C)c1C. The number of methoxy groups -OCH3 is 1. The van der Waals surface area contributed by atoms with E-state index >= 15 is 0 Å². The molecule has 0 aromatic carbocycles. The molecule has 1 aliphatic heterocycles. The molecular weight excluding hydrogens is 240 g/mol. The molecule has 2 heterocycles. The van der Waals surface area contributed by atoms with Crippen molar-refractivity contribution in [1.29, 1.82) is 0 Å². The third-order valence-electron chi connectivity index (χ3n) is 3.68. The predicted molar refractivity (Wildman–Crippen MR) is 76.8 cm³/mol. The van der Waals surface area contributed by atoms with E-state index in [2.05, 4.69) is 34.0 Å². The molecule has 1 aromatic heterocycles. The molecule has 1 atom stereocenters. The molecule has 0 radical (unpaired) electrons. The van der Waals surface area contributed by atoms with Gasteiger partial charge in [-0.1, -0.05) is 0 Å². The summed E-state index contributed by atoms with van der Waals surface area (Å²) in [6, 6.07) is 0.962. The van der Waals surface area contributed by atoms with Gasteiger partial charge in [0.25, 0.3) is 0 Å². The van der Waals surface area contributed by atoms with E-state index in [0.717, 1.165) is 24.5 Å². The predicted octanol–water partition coefficient (Wildman–Crippen LogP) is 1.76. The fraction of sp³-hybridized carbons (Fsp3) is 0.714. The number of nitrogens with one attached hydrogen (secondary N) is 1. The number of rotatable bonds is 5. The van der Waals surface area contributed by atoms with Gasteiger partial charge in [0.05, 0.1) is 12.7 Å². The van der Waals surface area contributed by atoms with E-state index in [-0.39, 0.29) is 0 Å². The number of ether oxygens (including phenoxy) is 1. The first-order chi connectivity index (χ1) is 9.13. The molecule has 2 rings (SSSR count). The summed E-state index contributed by atoms with van der Waals surface area (Å²) >= 11 is 0. The van der Waals surface area contributed by atoms with Crippen molar-refractivity contribution in [3.8, 4) is 5.88 Å². The molecule has 5 nitrogen and oxygen atoms in total. The van der Waals surface area contributed by atoms with Crippen LogP contribution < -0.4 is 15.0 Å². The zero-order valence-corrected chi connectivity index (χ0v) is 12.3. The van der Waals surface area contributed by atoms with E-state index in [4.69, 9.17) is 4.74 Å². The molecule has 1 unspecified atom stereocenters. The van der Waals surface area contributed by atoms with Gasteiger partial charge in [-0.05, 0) is 40.2 Å². The Morgan fingerprint density at radius 1 is 1.47 bits per heavy atom. The minimum Gasteiger partial charge on any atom is -0.481 e. The summed E-state index contributed by atoms with van der Waals surface area (Å²) in [6.07, 6.45) is 4.09. The van der Waals surface area contributed by atoms with Crippen LogP contribution in [0.4, 0.5) is 5.82 Å². The lowest BCUT2D eigenvalue weighted by Crippen LogP contribution is -2.42. The van der Waals surface area contributed by atoms with Gasteiger partial charge in [-0.2, -0.15) is 0 Å². The molecule has 0 aliphatic carbocycles.